The van der Waals surface area contributed by atoms with Crippen molar-refractivity contribution in [1.29, 1.82) is 0 Å². The largest absolute Gasteiger partial charge is 0.496 e. The van der Waals surface area contributed by atoms with E-state index < -0.39 is 0 Å². The van der Waals surface area contributed by atoms with Gasteiger partial charge < -0.3 is 20.7 Å². The minimum atomic E-state index is -0.172. The Labute approximate surface area is 184 Å². The molecule has 0 unspecified atom stereocenters. The zero-order valence-electron chi connectivity index (χ0n) is 18.0. The van der Waals surface area contributed by atoms with Crippen molar-refractivity contribution in [3.63, 3.8) is 0 Å². The average molecular weight is 422 g/mol. The molecule has 0 bridgehead atoms. The summed E-state index contributed by atoms with van der Waals surface area (Å²) in [4.78, 5) is 24.9. The molecule has 31 heavy (non-hydrogen) atoms. The minimum Gasteiger partial charge on any atom is -0.496 e. The number of hydrogen-bond donors (Lipinski definition) is 3. The van der Waals surface area contributed by atoms with Gasteiger partial charge in [0.05, 0.1) is 12.7 Å². The fourth-order valence-corrected chi connectivity index (χ4v) is 4.25. The van der Waals surface area contributed by atoms with Crippen LogP contribution in [-0.4, -0.2) is 38.2 Å². The third-order valence-corrected chi connectivity index (χ3v) is 6.01. The molecule has 0 atom stereocenters. The van der Waals surface area contributed by atoms with Crippen LogP contribution in [0.1, 0.15) is 41.6 Å². The SMILES string of the molecule is C=CCNC(=O)N[C@H]1CC[C@@](CNC(=O)c2ccccc2OC)(c2ccccc2)CC1. The molecule has 6 nitrogen and oxygen atoms in total. The summed E-state index contributed by atoms with van der Waals surface area (Å²) in [5.41, 5.74) is 1.57. The van der Waals surface area contributed by atoms with Crippen LogP contribution in [0.25, 0.3) is 0 Å². The molecule has 0 aromatic heterocycles. The van der Waals surface area contributed by atoms with E-state index in [2.05, 4.69) is 34.7 Å². The van der Waals surface area contributed by atoms with Crippen molar-refractivity contribution in [3.8, 4) is 5.75 Å². The van der Waals surface area contributed by atoms with Gasteiger partial charge in [0, 0.05) is 24.5 Å². The predicted molar refractivity (Wildman–Crippen MR) is 122 cm³/mol. The molecule has 164 valence electrons. The summed E-state index contributed by atoms with van der Waals surface area (Å²) < 4.78 is 5.33. The lowest BCUT2D eigenvalue weighted by Crippen LogP contribution is -2.49. The number of hydrogen-bond acceptors (Lipinski definition) is 3. The summed E-state index contributed by atoms with van der Waals surface area (Å²) in [7, 11) is 1.57. The topological polar surface area (TPSA) is 79.5 Å². The number of rotatable bonds is 8. The van der Waals surface area contributed by atoms with E-state index in [4.69, 9.17) is 4.74 Å². The summed E-state index contributed by atoms with van der Waals surface area (Å²) in [5, 5.41) is 8.95. The second kappa shape index (κ2) is 10.7. The van der Waals surface area contributed by atoms with Gasteiger partial charge in [0.15, 0.2) is 0 Å². The fraction of sp³-hybridized carbons (Fsp3) is 0.360. The third-order valence-electron chi connectivity index (χ3n) is 6.01. The van der Waals surface area contributed by atoms with Gasteiger partial charge in [-0.2, -0.15) is 0 Å². The standard InChI is InChI=1S/C25H31N3O3/c1-3-17-26-24(30)28-20-13-15-25(16-14-20,19-9-5-4-6-10-19)18-27-23(29)21-11-7-8-12-22(21)31-2/h3-12,20H,1,13-18H2,2H3,(H,27,29)(H2,26,28,30)/t20-,25+. The van der Waals surface area contributed by atoms with E-state index >= 15 is 0 Å². The number of carbonyl (C=O) groups is 2. The first kappa shape index (κ1) is 22.4. The number of para-hydroxylation sites is 1. The zero-order valence-corrected chi connectivity index (χ0v) is 18.0. The van der Waals surface area contributed by atoms with E-state index in [9.17, 15) is 9.59 Å². The summed E-state index contributed by atoms with van der Waals surface area (Å²) in [6.45, 7) is 4.59. The van der Waals surface area contributed by atoms with Crippen LogP contribution >= 0.6 is 0 Å². The van der Waals surface area contributed by atoms with Gasteiger partial charge in [-0.1, -0.05) is 48.5 Å². The number of ether oxygens (including phenoxy) is 1. The van der Waals surface area contributed by atoms with Gasteiger partial charge in [-0.05, 0) is 43.4 Å². The number of amides is 3. The second-order valence-electron chi connectivity index (χ2n) is 7.95. The normalized spacial score (nSPS) is 20.4. The Bertz CT molecular complexity index is 890. The molecular weight excluding hydrogens is 390 g/mol. The Hall–Kier alpha value is -3.28. The van der Waals surface area contributed by atoms with E-state index in [0.717, 1.165) is 25.7 Å². The quantitative estimate of drug-likeness (QED) is 0.568. The molecule has 1 saturated carbocycles. The summed E-state index contributed by atoms with van der Waals surface area (Å²) >= 11 is 0. The van der Waals surface area contributed by atoms with Crippen LogP contribution in [0.2, 0.25) is 0 Å². The van der Waals surface area contributed by atoms with Gasteiger partial charge in [0.25, 0.3) is 5.91 Å². The van der Waals surface area contributed by atoms with E-state index in [-0.39, 0.29) is 23.4 Å². The van der Waals surface area contributed by atoms with Crippen molar-refractivity contribution in [2.24, 2.45) is 0 Å². The van der Waals surface area contributed by atoms with Crippen LogP contribution in [0.4, 0.5) is 4.79 Å². The molecule has 6 heteroatoms. The first-order valence-corrected chi connectivity index (χ1v) is 10.7. The summed E-state index contributed by atoms with van der Waals surface area (Å²) in [6.07, 6.45) is 5.10. The van der Waals surface area contributed by atoms with Gasteiger partial charge in [0.2, 0.25) is 0 Å². The molecule has 1 aliphatic rings. The van der Waals surface area contributed by atoms with Crippen molar-refractivity contribution in [3.05, 3.63) is 78.4 Å². The van der Waals surface area contributed by atoms with E-state index in [1.807, 2.05) is 30.3 Å². The Kier molecular flexibility index (Phi) is 7.70. The lowest BCUT2D eigenvalue weighted by molar-refractivity contribution is 0.0932. The van der Waals surface area contributed by atoms with E-state index in [1.165, 1.54) is 5.56 Å². The highest BCUT2D eigenvalue weighted by Gasteiger charge is 2.37. The fourth-order valence-electron chi connectivity index (χ4n) is 4.25. The minimum absolute atomic E-state index is 0.117. The van der Waals surface area contributed by atoms with Crippen LogP contribution in [0, 0.1) is 0 Å². The summed E-state index contributed by atoms with van der Waals surface area (Å²) in [5.74, 6) is 0.420. The molecule has 1 aliphatic carbocycles. The van der Waals surface area contributed by atoms with E-state index in [1.54, 1.807) is 25.3 Å². The lowest BCUT2D eigenvalue weighted by Gasteiger charge is -2.41. The zero-order chi connectivity index (χ0) is 22.1. The Balaban J connectivity index is 1.69. The Morgan fingerprint density at radius 3 is 2.42 bits per heavy atom. The van der Waals surface area contributed by atoms with Crippen molar-refractivity contribution in [2.45, 2.75) is 37.1 Å². The molecule has 2 aromatic carbocycles. The van der Waals surface area contributed by atoms with Crippen LogP contribution in [0.5, 0.6) is 5.75 Å². The highest BCUT2D eigenvalue weighted by Crippen LogP contribution is 2.39. The van der Waals surface area contributed by atoms with Crippen molar-refractivity contribution < 1.29 is 14.3 Å². The second-order valence-corrected chi connectivity index (χ2v) is 7.95. The number of methoxy groups -OCH3 is 1. The molecule has 1 fully saturated rings. The molecule has 0 heterocycles. The highest BCUT2D eigenvalue weighted by atomic mass is 16.5. The smallest absolute Gasteiger partial charge is 0.315 e. The van der Waals surface area contributed by atoms with Gasteiger partial charge in [-0.3, -0.25) is 4.79 Å². The highest BCUT2D eigenvalue weighted by molar-refractivity contribution is 5.97. The van der Waals surface area contributed by atoms with Gasteiger partial charge in [0.1, 0.15) is 5.75 Å². The van der Waals surface area contributed by atoms with Crippen LogP contribution in [-0.2, 0) is 5.41 Å². The maximum Gasteiger partial charge on any atom is 0.315 e. The molecule has 3 amide bonds. The molecule has 2 aromatic rings. The maximum absolute atomic E-state index is 12.9. The van der Waals surface area contributed by atoms with Crippen LogP contribution in [0.3, 0.4) is 0 Å². The molecule has 3 N–H and O–H groups in total. The van der Waals surface area contributed by atoms with Crippen LogP contribution in [0.15, 0.2) is 67.3 Å². The lowest BCUT2D eigenvalue weighted by atomic mass is 9.68. The van der Waals surface area contributed by atoms with Gasteiger partial charge >= 0.3 is 6.03 Å². The number of nitrogens with one attached hydrogen (secondary N) is 3. The molecule has 0 spiro atoms. The molecule has 3 rings (SSSR count). The van der Waals surface area contributed by atoms with Crippen molar-refractivity contribution in [1.82, 2.24) is 16.0 Å². The summed E-state index contributed by atoms with van der Waals surface area (Å²) in [6, 6.07) is 17.5. The molecular formula is C25H31N3O3. The monoisotopic (exact) mass is 421 g/mol. The first-order chi connectivity index (χ1) is 15.1. The number of carbonyl (C=O) groups excluding carboxylic acids is 2. The molecule has 0 radical (unpaired) electrons. The first-order valence-electron chi connectivity index (χ1n) is 10.7. The van der Waals surface area contributed by atoms with Gasteiger partial charge in [-0.25, -0.2) is 4.79 Å². The maximum atomic E-state index is 12.9. The molecule has 0 saturated heterocycles. The Morgan fingerprint density at radius 1 is 1.06 bits per heavy atom. The molecule has 0 aliphatic heterocycles. The van der Waals surface area contributed by atoms with Crippen molar-refractivity contribution in [2.75, 3.05) is 20.2 Å². The Morgan fingerprint density at radius 2 is 1.74 bits per heavy atom. The third kappa shape index (κ3) is 5.66. The predicted octanol–water partition coefficient (Wildman–Crippen LogP) is 3.79. The van der Waals surface area contributed by atoms with Gasteiger partial charge in [-0.15, -0.1) is 6.58 Å². The number of benzene rings is 2. The van der Waals surface area contributed by atoms with Crippen molar-refractivity contribution >= 4 is 11.9 Å². The van der Waals surface area contributed by atoms with E-state index in [0.29, 0.717) is 24.4 Å². The number of urea groups is 1. The average Bonchev–Trinajstić information content (AvgIpc) is 2.82. The van der Waals surface area contributed by atoms with Crippen LogP contribution < -0.4 is 20.7 Å².